The first-order valence-corrected chi connectivity index (χ1v) is 5.13. The van der Waals surface area contributed by atoms with Gasteiger partial charge in [-0.3, -0.25) is 0 Å². The predicted octanol–water partition coefficient (Wildman–Crippen LogP) is 3.60. The van der Waals surface area contributed by atoms with Gasteiger partial charge in [0.2, 0.25) is 5.83 Å². The van der Waals surface area contributed by atoms with Crippen LogP contribution in [0.15, 0.2) is 30.1 Å². The normalized spacial score (nSPS) is 12.6. The molecule has 2 nitrogen and oxygen atoms in total. The van der Waals surface area contributed by atoms with Gasteiger partial charge in [-0.15, -0.1) is 0 Å². The topological polar surface area (TPSA) is 37.3 Å². The fourth-order valence-electron chi connectivity index (χ4n) is 1.41. The van der Waals surface area contributed by atoms with Crippen LogP contribution in [0.5, 0.6) is 0 Å². The Morgan fingerprint density at radius 2 is 1.75 bits per heavy atom. The summed E-state index contributed by atoms with van der Waals surface area (Å²) >= 11 is 0. The number of benzene rings is 1. The smallest absolute Gasteiger partial charge is 0.365 e. The maximum absolute atomic E-state index is 13.1. The van der Waals surface area contributed by atoms with Crippen LogP contribution in [0.2, 0.25) is 0 Å². The Hall–Kier alpha value is -1.64. The number of carboxylic acids is 1. The first kappa shape index (κ1) is 12.4. The zero-order valence-electron chi connectivity index (χ0n) is 9.62. The van der Waals surface area contributed by atoms with Crippen molar-refractivity contribution in [2.24, 2.45) is 0 Å². The van der Waals surface area contributed by atoms with E-state index in [4.69, 9.17) is 5.11 Å². The Morgan fingerprint density at radius 1 is 1.25 bits per heavy atom. The Balaban J connectivity index is 3.07. The van der Waals surface area contributed by atoms with Crippen molar-refractivity contribution in [2.45, 2.75) is 26.7 Å². The number of halogens is 1. The van der Waals surface area contributed by atoms with Crippen LogP contribution in [-0.2, 0) is 4.79 Å². The zero-order valence-corrected chi connectivity index (χ0v) is 9.62. The molecule has 0 saturated heterocycles. The van der Waals surface area contributed by atoms with Crippen LogP contribution in [-0.4, -0.2) is 11.1 Å². The lowest BCUT2D eigenvalue weighted by Gasteiger charge is -2.07. The summed E-state index contributed by atoms with van der Waals surface area (Å²) < 4.78 is 13.1. The van der Waals surface area contributed by atoms with Gasteiger partial charge in [0.05, 0.1) is 0 Å². The Bertz CT molecular complexity index is 416. The monoisotopic (exact) mass is 222 g/mol. The minimum atomic E-state index is -1.52. The minimum Gasteiger partial charge on any atom is -0.476 e. The molecule has 3 heteroatoms. The average molecular weight is 222 g/mol. The van der Waals surface area contributed by atoms with Crippen LogP contribution in [0.3, 0.4) is 0 Å². The van der Waals surface area contributed by atoms with Gasteiger partial charge in [0, 0.05) is 0 Å². The van der Waals surface area contributed by atoms with Gasteiger partial charge in [-0.05, 0) is 29.5 Å². The molecule has 1 rings (SSSR count). The standard InChI is InChI=1S/C13H15FO2/c1-8(2)10-4-6-11(7-5-10)9(3)12(14)13(15)16/h4-8H,1-3H3,(H,15,16). The van der Waals surface area contributed by atoms with E-state index in [9.17, 15) is 9.18 Å². The average Bonchev–Trinajstić information content (AvgIpc) is 2.27. The zero-order chi connectivity index (χ0) is 12.3. The highest BCUT2D eigenvalue weighted by molar-refractivity contribution is 5.93. The molecular formula is C13H15FO2. The second kappa shape index (κ2) is 4.92. The van der Waals surface area contributed by atoms with E-state index < -0.39 is 11.8 Å². The van der Waals surface area contributed by atoms with Crippen molar-refractivity contribution in [3.8, 4) is 0 Å². The molecule has 0 fully saturated rings. The van der Waals surface area contributed by atoms with E-state index in [1.807, 2.05) is 12.1 Å². The quantitative estimate of drug-likeness (QED) is 0.793. The van der Waals surface area contributed by atoms with E-state index in [1.165, 1.54) is 6.92 Å². The Labute approximate surface area is 94.4 Å². The molecule has 0 aliphatic heterocycles. The fourth-order valence-corrected chi connectivity index (χ4v) is 1.41. The molecule has 0 atom stereocenters. The van der Waals surface area contributed by atoms with Gasteiger partial charge >= 0.3 is 5.97 Å². The van der Waals surface area contributed by atoms with Crippen LogP contribution < -0.4 is 0 Å². The molecule has 0 aliphatic carbocycles. The van der Waals surface area contributed by atoms with Gasteiger partial charge in [-0.1, -0.05) is 38.1 Å². The summed E-state index contributed by atoms with van der Waals surface area (Å²) in [5.74, 6) is -2.22. The highest BCUT2D eigenvalue weighted by Gasteiger charge is 2.11. The van der Waals surface area contributed by atoms with E-state index in [0.29, 0.717) is 11.5 Å². The second-order valence-corrected chi connectivity index (χ2v) is 4.02. The Kier molecular flexibility index (Phi) is 3.82. The van der Waals surface area contributed by atoms with Gasteiger partial charge in [-0.2, -0.15) is 4.39 Å². The molecule has 0 radical (unpaired) electrons. The molecule has 0 aromatic heterocycles. The molecule has 1 aromatic carbocycles. The van der Waals surface area contributed by atoms with Crippen LogP contribution in [0.4, 0.5) is 4.39 Å². The summed E-state index contributed by atoms with van der Waals surface area (Å²) in [6, 6.07) is 7.26. The molecule has 86 valence electrons. The number of hydrogen-bond donors (Lipinski definition) is 1. The number of allylic oxidation sites excluding steroid dienone is 1. The maximum atomic E-state index is 13.1. The van der Waals surface area contributed by atoms with E-state index in [0.717, 1.165) is 5.56 Å². The highest BCUT2D eigenvalue weighted by Crippen LogP contribution is 2.22. The van der Waals surface area contributed by atoms with Crippen LogP contribution >= 0.6 is 0 Å². The molecule has 16 heavy (non-hydrogen) atoms. The van der Waals surface area contributed by atoms with Crippen molar-refractivity contribution < 1.29 is 14.3 Å². The van der Waals surface area contributed by atoms with E-state index in [1.54, 1.807) is 12.1 Å². The summed E-state index contributed by atoms with van der Waals surface area (Å²) in [7, 11) is 0. The van der Waals surface area contributed by atoms with Gasteiger partial charge in [0.1, 0.15) is 0 Å². The predicted molar refractivity (Wildman–Crippen MR) is 61.9 cm³/mol. The van der Waals surface area contributed by atoms with Gasteiger partial charge < -0.3 is 5.11 Å². The number of hydrogen-bond acceptors (Lipinski definition) is 1. The van der Waals surface area contributed by atoms with E-state index >= 15 is 0 Å². The summed E-state index contributed by atoms with van der Waals surface area (Å²) in [6.07, 6.45) is 0. The summed E-state index contributed by atoms with van der Waals surface area (Å²) in [6.45, 7) is 5.60. The first-order valence-electron chi connectivity index (χ1n) is 5.13. The highest BCUT2D eigenvalue weighted by atomic mass is 19.1. The maximum Gasteiger partial charge on any atom is 0.365 e. The number of carbonyl (C=O) groups is 1. The third-order valence-corrected chi connectivity index (χ3v) is 2.53. The lowest BCUT2D eigenvalue weighted by molar-refractivity contribution is -0.134. The second-order valence-electron chi connectivity index (χ2n) is 4.02. The van der Waals surface area contributed by atoms with Crippen molar-refractivity contribution >= 4 is 11.5 Å². The number of carboxylic acid groups (broad SMARTS) is 1. The minimum absolute atomic E-state index is 0.155. The molecule has 0 saturated carbocycles. The third kappa shape index (κ3) is 2.69. The molecule has 0 spiro atoms. The third-order valence-electron chi connectivity index (χ3n) is 2.53. The van der Waals surface area contributed by atoms with Crippen LogP contribution in [0.1, 0.15) is 37.8 Å². The molecular weight excluding hydrogens is 207 g/mol. The molecule has 1 aromatic rings. The van der Waals surface area contributed by atoms with E-state index in [-0.39, 0.29) is 5.57 Å². The van der Waals surface area contributed by atoms with Crippen LogP contribution in [0, 0.1) is 0 Å². The summed E-state index contributed by atoms with van der Waals surface area (Å²) in [4.78, 5) is 10.5. The van der Waals surface area contributed by atoms with Crippen molar-refractivity contribution in [1.29, 1.82) is 0 Å². The molecule has 0 aliphatic rings. The summed E-state index contributed by atoms with van der Waals surface area (Å²) in [5.41, 5.74) is 1.90. The van der Waals surface area contributed by atoms with Gasteiger partial charge in [0.15, 0.2) is 0 Å². The fraction of sp³-hybridized carbons (Fsp3) is 0.308. The van der Waals surface area contributed by atoms with E-state index in [2.05, 4.69) is 13.8 Å². The lowest BCUT2D eigenvalue weighted by atomic mass is 9.99. The molecule has 1 N–H and O–H groups in total. The van der Waals surface area contributed by atoms with Gasteiger partial charge in [-0.25, -0.2) is 4.79 Å². The van der Waals surface area contributed by atoms with Crippen molar-refractivity contribution in [3.05, 3.63) is 41.2 Å². The molecule has 0 amide bonds. The van der Waals surface area contributed by atoms with Crippen molar-refractivity contribution in [2.75, 3.05) is 0 Å². The number of rotatable bonds is 3. The Morgan fingerprint density at radius 3 is 2.12 bits per heavy atom. The van der Waals surface area contributed by atoms with Crippen molar-refractivity contribution in [1.82, 2.24) is 0 Å². The SMILES string of the molecule is CC(=C(F)C(=O)O)c1ccc(C(C)C)cc1. The van der Waals surface area contributed by atoms with Crippen LogP contribution in [0.25, 0.3) is 5.57 Å². The number of aliphatic carboxylic acids is 1. The van der Waals surface area contributed by atoms with Gasteiger partial charge in [0.25, 0.3) is 0 Å². The largest absolute Gasteiger partial charge is 0.476 e. The first-order chi connectivity index (χ1) is 7.43. The molecule has 0 bridgehead atoms. The molecule has 0 unspecified atom stereocenters. The van der Waals surface area contributed by atoms with Crippen molar-refractivity contribution in [3.63, 3.8) is 0 Å². The molecule has 0 heterocycles. The summed E-state index contributed by atoms with van der Waals surface area (Å²) in [5, 5.41) is 8.52. The lowest BCUT2D eigenvalue weighted by Crippen LogP contribution is -1.98.